The molecule has 6 heteroatoms. The molecule has 1 saturated heterocycles. The Kier molecular flexibility index (Phi) is 3.92. The summed E-state index contributed by atoms with van der Waals surface area (Å²) in [7, 11) is 1.87. The average Bonchev–Trinajstić information content (AvgIpc) is 2.55. The summed E-state index contributed by atoms with van der Waals surface area (Å²) in [5, 5.41) is 13.0. The van der Waals surface area contributed by atoms with Crippen molar-refractivity contribution < 1.29 is 14.7 Å². The van der Waals surface area contributed by atoms with Crippen LogP contribution in [-0.2, 0) is 16.6 Å². The molecular formula is C14H19N3O3. The number of carboxylic acid groups (broad SMARTS) is 1. The summed E-state index contributed by atoms with van der Waals surface area (Å²) in [4.78, 5) is 24.1. The van der Waals surface area contributed by atoms with E-state index in [0.29, 0.717) is 13.1 Å². The quantitative estimate of drug-likeness (QED) is 0.833. The van der Waals surface area contributed by atoms with Gasteiger partial charge in [0.25, 0.3) is 0 Å². The Labute approximate surface area is 117 Å². The monoisotopic (exact) mass is 277 g/mol. The van der Waals surface area contributed by atoms with Gasteiger partial charge in [-0.2, -0.15) is 5.10 Å². The van der Waals surface area contributed by atoms with Crippen molar-refractivity contribution in [3.63, 3.8) is 0 Å². The Morgan fingerprint density at radius 2 is 2.05 bits per heavy atom. The third-order valence-corrected chi connectivity index (χ3v) is 3.69. The molecule has 1 aliphatic rings. The molecule has 1 aromatic heterocycles. The van der Waals surface area contributed by atoms with E-state index in [9.17, 15) is 9.59 Å². The van der Waals surface area contributed by atoms with Crippen molar-refractivity contribution in [1.29, 1.82) is 0 Å². The summed E-state index contributed by atoms with van der Waals surface area (Å²) in [5.74, 6) is -0.791. The van der Waals surface area contributed by atoms with Crippen LogP contribution < -0.4 is 0 Å². The number of rotatable bonds is 4. The lowest BCUT2D eigenvalue weighted by Gasteiger charge is -2.37. The van der Waals surface area contributed by atoms with E-state index in [2.05, 4.69) is 5.10 Å². The Hall–Kier alpha value is -2.11. The van der Waals surface area contributed by atoms with Gasteiger partial charge < -0.3 is 10.0 Å². The van der Waals surface area contributed by atoms with Crippen molar-refractivity contribution in [1.82, 2.24) is 14.7 Å². The molecule has 2 rings (SSSR count). The lowest BCUT2D eigenvalue weighted by molar-refractivity contribution is -0.143. The van der Waals surface area contributed by atoms with E-state index in [0.717, 1.165) is 17.0 Å². The molecule has 0 aromatic carbocycles. The Bertz CT molecular complexity index is 568. The number of carbonyl (C=O) groups excluding carboxylic acids is 1. The van der Waals surface area contributed by atoms with Crippen LogP contribution in [0.15, 0.2) is 6.08 Å². The van der Waals surface area contributed by atoms with Crippen LogP contribution in [0.1, 0.15) is 23.4 Å². The van der Waals surface area contributed by atoms with Crippen molar-refractivity contribution in [2.75, 3.05) is 13.1 Å². The number of carboxylic acids is 1. The van der Waals surface area contributed by atoms with Gasteiger partial charge in [-0.15, -0.1) is 0 Å². The zero-order chi connectivity index (χ0) is 14.9. The number of nitrogens with zero attached hydrogens (tertiary/aromatic N) is 3. The molecule has 0 atom stereocenters. The van der Waals surface area contributed by atoms with E-state index in [4.69, 9.17) is 5.11 Å². The van der Waals surface area contributed by atoms with Gasteiger partial charge in [0.2, 0.25) is 5.91 Å². The van der Waals surface area contributed by atoms with Gasteiger partial charge in [0, 0.05) is 43.4 Å². The first-order valence-corrected chi connectivity index (χ1v) is 6.57. The second-order valence-corrected chi connectivity index (χ2v) is 5.25. The maximum Gasteiger partial charge on any atom is 0.303 e. The highest BCUT2D eigenvalue weighted by molar-refractivity contribution is 5.92. The van der Waals surface area contributed by atoms with Crippen LogP contribution >= 0.6 is 0 Å². The van der Waals surface area contributed by atoms with E-state index in [-0.39, 0.29) is 18.2 Å². The highest BCUT2D eigenvalue weighted by atomic mass is 16.4. The van der Waals surface area contributed by atoms with Crippen molar-refractivity contribution >= 4 is 18.0 Å². The topological polar surface area (TPSA) is 75.4 Å². The third kappa shape index (κ3) is 2.89. The molecule has 0 aliphatic carbocycles. The molecule has 0 radical (unpaired) electrons. The number of likely N-dealkylation sites (tertiary alicyclic amines) is 1. The van der Waals surface area contributed by atoms with Crippen LogP contribution in [-0.4, -0.2) is 44.8 Å². The molecule has 6 nitrogen and oxygen atoms in total. The molecule has 20 heavy (non-hydrogen) atoms. The number of aromatic nitrogens is 2. The minimum atomic E-state index is -0.806. The highest BCUT2D eigenvalue weighted by Crippen LogP contribution is 2.20. The standard InChI is InChI=1S/C14H19N3O3/c1-9-12(10(2)16(3)15-9)4-5-13(18)17-7-11(8-17)6-14(19)20/h4-5,11H,6-8H2,1-3H3,(H,19,20). The number of aryl methyl sites for hydroxylation is 2. The van der Waals surface area contributed by atoms with Gasteiger partial charge in [0.05, 0.1) is 12.1 Å². The number of hydrogen-bond donors (Lipinski definition) is 1. The predicted molar refractivity (Wildman–Crippen MR) is 74.0 cm³/mol. The van der Waals surface area contributed by atoms with Gasteiger partial charge in [0.1, 0.15) is 0 Å². The van der Waals surface area contributed by atoms with Crippen molar-refractivity contribution in [3.05, 3.63) is 23.0 Å². The van der Waals surface area contributed by atoms with Crippen LogP contribution in [0.3, 0.4) is 0 Å². The SMILES string of the molecule is Cc1nn(C)c(C)c1C=CC(=O)N1CC(CC(=O)O)C1. The second-order valence-electron chi connectivity index (χ2n) is 5.25. The molecule has 0 bridgehead atoms. The minimum absolute atomic E-state index is 0.0747. The molecule has 1 aliphatic heterocycles. The normalized spacial score (nSPS) is 15.7. The predicted octanol–water partition coefficient (Wildman–Crippen LogP) is 0.983. The summed E-state index contributed by atoms with van der Waals surface area (Å²) in [5.41, 5.74) is 2.86. The smallest absolute Gasteiger partial charge is 0.303 e. The fraction of sp³-hybridized carbons (Fsp3) is 0.500. The largest absolute Gasteiger partial charge is 0.481 e. The third-order valence-electron chi connectivity index (χ3n) is 3.69. The van der Waals surface area contributed by atoms with Crippen LogP contribution in [0.5, 0.6) is 0 Å². The van der Waals surface area contributed by atoms with Gasteiger partial charge in [-0.1, -0.05) is 0 Å². The maximum absolute atomic E-state index is 11.9. The van der Waals surface area contributed by atoms with Crippen molar-refractivity contribution in [3.8, 4) is 0 Å². The fourth-order valence-electron chi connectivity index (χ4n) is 2.42. The van der Waals surface area contributed by atoms with Crippen LogP contribution in [0.25, 0.3) is 6.08 Å². The molecule has 0 saturated carbocycles. The first-order chi connectivity index (χ1) is 9.38. The molecule has 1 amide bonds. The Balaban J connectivity index is 1.93. The van der Waals surface area contributed by atoms with E-state index < -0.39 is 5.97 Å². The minimum Gasteiger partial charge on any atom is -0.481 e. The Morgan fingerprint density at radius 3 is 2.55 bits per heavy atom. The summed E-state index contributed by atoms with van der Waals surface area (Å²) in [6.45, 7) is 4.92. The lowest BCUT2D eigenvalue weighted by Crippen LogP contribution is -2.49. The molecule has 1 fully saturated rings. The molecule has 1 aromatic rings. The van der Waals surface area contributed by atoms with Gasteiger partial charge in [-0.05, 0) is 19.9 Å². The fourth-order valence-corrected chi connectivity index (χ4v) is 2.42. The zero-order valence-corrected chi connectivity index (χ0v) is 12.0. The van der Waals surface area contributed by atoms with Gasteiger partial charge >= 0.3 is 5.97 Å². The average molecular weight is 277 g/mol. The van der Waals surface area contributed by atoms with E-state index >= 15 is 0 Å². The molecule has 108 valence electrons. The van der Waals surface area contributed by atoms with Crippen LogP contribution in [0.4, 0.5) is 0 Å². The highest BCUT2D eigenvalue weighted by Gasteiger charge is 2.30. The van der Waals surface area contributed by atoms with E-state index in [1.807, 2.05) is 20.9 Å². The molecule has 0 spiro atoms. The van der Waals surface area contributed by atoms with Crippen molar-refractivity contribution in [2.24, 2.45) is 13.0 Å². The first-order valence-electron chi connectivity index (χ1n) is 6.57. The summed E-state index contributed by atoms with van der Waals surface area (Å²) < 4.78 is 1.78. The number of carbonyl (C=O) groups is 2. The first kappa shape index (κ1) is 14.3. The van der Waals surface area contributed by atoms with E-state index in [1.165, 1.54) is 6.08 Å². The molecule has 1 N–H and O–H groups in total. The number of aliphatic carboxylic acids is 1. The van der Waals surface area contributed by atoms with Crippen LogP contribution in [0.2, 0.25) is 0 Å². The summed E-state index contributed by atoms with van der Waals surface area (Å²) >= 11 is 0. The zero-order valence-electron chi connectivity index (χ0n) is 12.0. The van der Waals surface area contributed by atoms with Gasteiger partial charge in [-0.25, -0.2) is 0 Å². The number of hydrogen-bond acceptors (Lipinski definition) is 3. The van der Waals surface area contributed by atoms with Crippen LogP contribution in [0, 0.1) is 19.8 Å². The second kappa shape index (κ2) is 5.48. The van der Waals surface area contributed by atoms with Gasteiger partial charge in [-0.3, -0.25) is 14.3 Å². The summed E-state index contributed by atoms with van der Waals surface area (Å²) in [6.07, 6.45) is 3.45. The van der Waals surface area contributed by atoms with Crippen molar-refractivity contribution in [2.45, 2.75) is 20.3 Å². The Morgan fingerprint density at radius 1 is 1.40 bits per heavy atom. The maximum atomic E-state index is 11.9. The molecule has 2 heterocycles. The summed E-state index contributed by atoms with van der Waals surface area (Å²) in [6, 6.07) is 0. The molecule has 0 unspecified atom stereocenters. The lowest BCUT2D eigenvalue weighted by atomic mass is 9.96. The number of amides is 1. The van der Waals surface area contributed by atoms with E-state index in [1.54, 1.807) is 15.7 Å². The molecular weight excluding hydrogens is 258 g/mol. The van der Waals surface area contributed by atoms with Gasteiger partial charge in [0.15, 0.2) is 0 Å².